The molecule has 1 atom stereocenters. The van der Waals surface area contributed by atoms with Crippen LogP contribution in [0.5, 0.6) is 0 Å². The van der Waals surface area contributed by atoms with Crippen molar-refractivity contribution in [2.45, 2.75) is 18.6 Å². The van der Waals surface area contributed by atoms with Gasteiger partial charge in [-0.05, 0) is 30.2 Å². The Balaban J connectivity index is 2.32. The maximum absolute atomic E-state index is 6.13. The second-order valence-electron chi connectivity index (χ2n) is 4.10. The number of benzene rings is 1. The molecule has 1 heterocycles. The highest BCUT2D eigenvalue weighted by atomic mass is 35.5. The predicted octanol–water partition coefficient (Wildman–Crippen LogP) is 3.29. The molecule has 1 aliphatic rings. The number of rotatable bonds is 2. The molecule has 0 aliphatic carbocycles. The van der Waals surface area contributed by atoms with Gasteiger partial charge >= 0.3 is 0 Å². The molecule has 96 valence electrons. The summed E-state index contributed by atoms with van der Waals surface area (Å²) in [5, 5.41) is 2.88. The number of nitrogens with two attached hydrogens (primary N) is 1. The van der Waals surface area contributed by atoms with Crippen LogP contribution in [0.1, 0.15) is 12.5 Å². The third-order valence-electron chi connectivity index (χ3n) is 2.66. The van der Waals surface area contributed by atoms with Gasteiger partial charge in [-0.15, -0.1) is 0 Å². The van der Waals surface area contributed by atoms with E-state index in [1.165, 1.54) is 0 Å². The smallest absolute Gasteiger partial charge is 0.262 e. The topological polar surface area (TPSA) is 50.4 Å². The Bertz CT molecular complexity index is 515. The van der Waals surface area contributed by atoms with E-state index in [4.69, 9.17) is 40.5 Å². The average Bonchev–Trinajstić information content (AvgIpc) is 2.28. The highest BCUT2D eigenvalue weighted by Gasteiger charge is 2.25. The van der Waals surface area contributed by atoms with Gasteiger partial charge in [-0.2, -0.15) is 0 Å². The van der Waals surface area contributed by atoms with Crippen LogP contribution in [0.25, 0.3) is 0 Å². The lowest BCUT2D eigenvalue weighted by Crippen LogP contribution is -2.48. The number of alkyl halides is 1. The normalized spacial score (nSPS) is 23.2. The number of nitrogens with zero attached hydrogens (tertiary/aromatic N) is 1. The lowest BCUT2D eigenvalue weighted by molar-refractivity contribution is 0.530. The molecular formula is C12H12Cl3N3. The van der Waals surface area contributed by atoms with Crippen molar-refractivity contribution in [3.8, 4) is 0 Å². The summed E-state index contributed by atoms with van der Waals surface area (Å²) >= 11 is 18.2. The molecule has 3 nitrogen and oxygen atoms in total. The molecule has 0 fully saturated rings. The van der Waals surface area contributed by atoms with Crippen molar-refractivity contribution in [3.63, 3.8) is 0 Å². The first kappa shape index (κ1) is 13.7. The van der Waals surface area contributed by atoms with E-state index < -0.39 is 5.25 Å². The van der Waals surface area contributed by atoms with Crippen LogP contribution < -0.4 is 11.1 Å². The number of hydrogen-bond acceptors (Lipinski definition) is 3. The molecule has 0 aromatic heterocycles. The molecule has 0 radical (unpaired) electrons. The molecule has 3 N–H and O–H groups in total. The second kappa shape index (κ2) is 5.10. The van der Waals surface area contributed by atoms with Gasteiger partial charge < -0.3 is 5.32 Å². The van der Waals surface area contributed by atoms with Crippen molar-refractivity contribution in [1.82, 2.24) is 5.32 Å². The summed E-state index contributed by atoms with van der Waals surface area (Å²) in [6.07, 6.45) is 2.17. The van der Waals surface area contributed by atoms with Crippen LogP contribution in [0.3, 0.4) is 0 Å². The molecule has 1 aromatic rings. The van der Waals surface area contributed by atoms with Gasteiger partial charge in [-0.1, -0.05) is 40.9 Å². The van der Waals surface area contributed by atoms with Gasteiger partial charge in [-0.3, -0.25) is 5.73 Å². The van der Waals surface area contributed by atoms with Gasteiger partial charge in [0.1, 0.15) is 0 Å². The lowest BCUT2D eigenvalue weighted by atomic mass is 10.1. The minimum absolute atomic E-state index is 0.530. The summed E-state index contributed by atoms with van der Waals surface area (Å²) in [4.78, 5) is 3.96. The Labute approximate surface area is 121 Å². The largest absolute Gasteiger partial charge is 0.339 e. The Morgan fingerprint density at radius 1 is 1.33 bits per heavy atom. The fourth-order valence-corrected chi connectivity index (χ4v) is 2.37. The van der Waals surface area contributed by atoms with Crippen LogP contribution in [0.15, 0.2) is 34.5 Å². The first-order valence-corrected chi connectivity index (χ1v) is 6.46. The van der Waals surface area contributed by atoms with Crippen molar-refractivity contribution >= 4 is 41.0 Å². The van der Waals surface area contributed by atoms with Gasteiger partial charge in [0.25, 0.3) is 5.25 Å². The highest BCUT2D eigenvalue weighted by molar-refractivity contribution is 6.36. The summed E-state index contributed by atoms with van der Waals surface area (Å²) in [6.45, 7) is 1.92. The third kappa shape index (κ3) is 2.98. The molecule has 0 saturated carbocycles. The Morgan fingerprint density at radius 2 is 1.94 bits per heavy atom. The zero-order chi connectivity index (χ0) is 13.3. The maximum Gasteiger partial charge on any atom is 0.262 e. The van der Waals surface area contributed by atoms with Crippen molar-refractivity contribution in [3.05, 3.63) is 45.1 Å². The molecule has 1 aromatic carbocycles. The number of allylic oxidation sites excluding steroid dienone is 2. The fraction of sp³-hybridized carbons (Fsp3) is 0.250. The quantitative estimate of drug-likeness (QED) is 0.650. The molecule has 0 amide bonds. The maximum atomic E-state index is 6.13. The number of nitrogens with one attached hydrogen (secondary N) is 1. The van der Waals surface area contributed by atoms with Gasteiger partial charge in [0.05, 0.1) is 0 Å². The van der Waals surface area contributed by atoms with Gasteiger partial charge in [0, 0.05) is 28.4 Å². The fourth-order valence-electron chi connectivity index (χ4n) is 1.67. The minimum Gasteiger partial charge on any atom is -0.339 e. The van der Waals surface area contributed by atoms with Crippen LogP contribution in [-0.2, 0) is 6.42 Å². The minimum atomic E-state index is -1.30. The summed E-state index contributed by atoms with van der Waals surface area (Å²) in [7, 11) is 0. The molecule has 6 heteroatoms. The van der Waals surface area contributed by atoms with Crippen LogP contribution >= 0.6 is 34.8 Å². The predicted molar refractivity (Wildman–Crippen MR) is 77.3 cm³/mol. The second-order valence-corrected chi connectivity index (χ2v) is 5.49. The monoisotopic (exact) mass is 303 g/mol. The molecule has 18 heavy (non-hydrogen) atoms. The molecule has 0 spiro atoms. The first-order chi connectivity index (χ1) is 8.39. The van der Waals surface area contributed by atoms with Crippen molar-refractivity contribution in [2.75, 3.05) is 0 Å². The van der Waals surface area contributed by atoms with E-state index in [-0.39, 0.29) is 0 Å². The first-order valence-electron chi connectivity index (χ1n) is 5.33. The van der Waals surface area contributed by atoms with Gasteiger partial charge in [0.15, 0.2) is 0 Å². The molecule has 0 bridgehead atoms. The molecule has 1 unspecified atom stereocenters. The SMILES string of the molecule is CC1=C(Cc2c(Cl)cccc2Cl)NC(N)(Cl)N=C1. The van der Waals surface area contributed by atoms with Crippen LogP contribution in [0.2, 0.25) is 10.0 Å². The van der Waals surface area contributed by atoms with Crippen molar-refractivity contribution < 1.29 is 0 Å². The summed E-state index contributed by atoms with van der Waals surface area (Å²) < 4.78 is 0. The Hall–Kier alpha value is -0.740. The third-order valence-corrected chi connectivity index (χ3v) is 3.56. The summed E-state index contributed by atoms with van der Waals surface area (Å²) in [6, 6.07) is 5.40. The number of hydrogen-bond donors (Lipinski definition) is 2. The summed E-state index contributed by atoms with van der Waals surface area (Å²) in [5.74, 6) is 0. The molecular weight excluding hydrogens is 293 g/mol. The molecule has 2 rings (SSSR count). The van der Waals surface area contributed by atoms with E-state index in [2.05, 4.69) is 10.3 Å². The van der Waals surface area contributed by atoms with Gasteiger partial charge in [0.2, 0.25) is 0 Å². The van der Waals surface area contributed by atoms with E-state index in [0.717, 1.165) is 16.8 Å². The summed E-state index contributed by atoms with van der Waals surface area (Å²) in [5.41, 5.74) is 8.37. The highest BCUT2D eigenvalue weighted by Crippen LogP contribution is 2.28. The Kier molecular flexibility index (Phi) is 3.87. The van der Waals surface area contributed by atoms with Crippen LogP contribution in [0.4, 0.5) is 0 Å². The number of halogens is 3. The van der Waals surface area contributed by atoms with E-state index in [9.17, 15) is 0 Å². The average molecular weight is 305 g/mol. The zero-order valence-corrected chi connectivity index (χ0v) is 11.9. The van der Waals surface area contributed by atoms with E-state index in [1.807, 2.05) is 6.92 Å². The number of aliphatic imine (C=N–C) groups is 1. The molecule has 0 saturated heterocycles. The van der Waals surface area contributed by atoms with E-state index in [1.54, 1.807) is 24.4 Å². The van der Waals surface area contributed by atoms with Crippen molar-refractivity contribution in [1.29, 1.82) is 0 Å². The zero-order valence-electron chi connectivity index (χ0n) is 9.67. The standard InChI is InChI=1S/C12H12Cl3N3/c1-7-6-17-12(15,16)18-11(7)5-8-9(13)3-2-4-10(8)14/h2-4,6,18H,5,16H2,1H3. The van der Waals surface area contributed by atoms with Crippen LogP contribution in [-0.4, -0.2) is 11.5 Å². The van der Waals surface area contributed by atoms with Gasteiger partial charge in [-0.25, -0.2) is 4.99 Å². The lowest BCUT2D eigenvalue weighted by Gasteiger charge is -2.27. The van der Waals surface area contributed by atoms with E-state index >= 15 is 0 Å². The molecule has 1 aliphatic heterocycles. The van der Waals surface area contributed by atoms with E-state index in [0.29, 0.717) is 16.5 Å². The Morgan fingerprint density at radius 3 is 2.56 bits per heavy atom. The van der Waals surface area contributed by atoms with Crippen LogP contribution in [0, 0.1) is 0 Å². The van der Waals surface area contributed by atoms with Crippen molar-refractivity contribution in [2.24, 2.45) is 10.7 Å².